The van der Waals surface area contributed by atoms with Crippen molar-refractivity contribution in [3.63, 3.8) is 0 Å². The number of amides is 2. The summed E-state index contributed by atoms with van der Waals surface area (Å²) in [6.45, 7) is 1.23. The third-order valence-electron chi connectivity index (χ3n) is 4.73. The Morgan fingerprint density at radius 1 is 1.19 bits per heavy atom. The third-order valence-corrected chi connectivity index (χ3v) is 4.73. The van der Waals surface area contributed by atoms with Gasteiger partial charge in [-0.1, -0.05) is 24.3 Å². The van der Waals surface area contributed by atoms with E-state index in [0.29, 0.717) is 16.9 Å². The summed E-state index contributed by atoms with van der Waals surface area (Å²) in [6.07, 6.45) is 0.224. The van der Waals surface area contributed by atoms with Crippen molar-refractivity contribution in [3.8, 4) is 6.07 Å². The number of benzene rings is 2. The first-order valence-corrected chi connectivity index (χ1v) is 9.60. The lowest BCUT2D eigenvalue weighted by Gasteiger charge is -2.30. The van der Waals surface area contributed by atoms with Crippen LogP contribution in [-0.2, 0) is 19.1 Å². The molecular weight excluding hydrogens is 396 g/mol. The van der Waals surface area contributed by atoms with Crippen LogP contribution in [0.25, 0.3) is 6.08 Å². The number of ether oxygens (including phenoxy) is 1. The summed E-state index contributed by atoms with van der Waals surface area (Å²) >= 11 is 0. The van der Waals surface area contributed by atoms with Gasteiger partial charge in [0.1, 0.15) is 18.2 Å². The predicted octanol–water partition coefficient (Wildman–Crippen LogP) is 2.58. The SMILES string of the molecule is C[C@H](OC(=O)/C(C#N)=C/c1ccc(N(C)C)cc1)C(=O)N1CC(=O)Nc2ccccc21. The predicted molar refractivity (Wildman–Crippen MR) is 117 cm³/mol. The molecule has 1 aliphatic rings. The standard InChI is InChI=1S/C23H22N4O4/c1-15(22(29)27-14-21(28)25-19-6-4-5-7-20(19)27)31-23(30)17(13-24)12-16-8-10-18(11-9-16)26(2)3/h4-12,15H,14H2,1-3H3,(H,25,28)/b17-12+/t15-/m0/s1. The Morgan fingerprint density at radius 3 is 2.52 bits per heavy atom. The number of hydrogen-bond donors (Lipinski definition) is 1. The summed E-state index contributed by atoms with van der Waals surface area (Å²) in [4.78, 5) is 40.5. The van der Waals surface area contributed by atoms with E-state index in [4.69, 9.17) is 4.74 Å². The van der Waals surface area contributed by atoms with Crippen molar-refractivity contribution in [3.05, 3.63) is 59.7 Å². The quantitative estimate of drug-likeness (QED) is 0.455. The molecule has 2 amide bonds. The lowest BCUT2D eigenvalue weighted by Crippen LogP contribution is -2.47. The molecule has 0 fully saturated rings. The van der Waals surface area contributed by atoms with Crippen LogP contribution in [0.5, 0.6) is 0 Å². The number of nitriles is 1. The van der Waals surface area contributed by atoms with Crippen molar-refractivity contribution in [1.29, 1.82) is 5.26 Å². The second kappa shape index (κ2) is 9.13. The van der Waals surface area contributed by atoms with Crippen molar-refractivity contribution < 1.29 is 19.1 Å². The van der Waals surface area contributed by atoms with Gasteiger partial charge < -0.3 is 15.0 Å². The van der Waals surface area contributed by atoms with E-state index in [1.165, 1.54) is 17.9 Å². The van der Waals surface area contributed by atoms with E-state index in [-0.39, 0.29) is 18.0 Å². The van der Waals surface area contributed by atoms with Gasteiger partial charge in [0, 0.05) is 19.8 Å². The van der Waals surface area contributed by atoms with Gasteiger partial charge >= 0.3 is 5.97 Å². The van der Waals surface area contributed by atoms with E-state index < -0.39 is 18.0 Å². The van der Waals surface area contributed by atoms with Crippen LogP contribution < -0.4 is 15.1 Å². The first-order valence-electron chi connectivity index (χ1n) is 9.60. The summed E-state index contributed by atoms with van der Waals surface area (Å²) in [5.41, 5.74) is 2.42. The molecule has 0 aromatic heterocycles. The molecule has 1 heterocycles. The Bertz CT molecular complexity index is 1080. The first-order chi connectivity index (χ1) is 14.8. The molecule has 8 nitrogen and oxygen atoms in total. The number of para-hydroxylation sites is 2. The second-order valence-corrected chi connectivity index (χ2v) is 7.19. The van der Waals surface area contributed by atoms with E-state index in [9.17, 15) is 19.6 Å². The number of fused-ring (bicyclic) bond motifs is 1. The van der Waals surface area contributed by atoms with Gasteiger partial charge in [-0.25, -0.2) is 4.79 Å². The lowest BCUT2D eigenvalue weighted by molar-refractivity contribution is -0.149. The Balaban J connectivity index is 1.74. The zero-order valence-corrected chi connectivity index (χ0v) is 17.5. The van der Waals surface area contributed by atoms with Gasteiger partial charge in [0.15, 0.2) is 6.10 Å². The number of carbonyl (C=O) groups is 3. The Kier molecular flexibility index (Phi) is 6.36. The highest BCUT2D eigenvalue weighted by Crippen LogP contribution is 2.29. The van der Waals surface area contributed by atoms with Crippen molar-refractivity contribution in [2.24, 2.45) is 0 Å². The molecule has 31 heavy (non-hydrogen) atoms. The largest absolute Gasteiger partial charge is 0.448 e. The van der Waals surface area contributed by atoms with Gasteiger partial charge in [-0.15, -0.1) is 0 Å². The molecule has 0 spiro atoms. The van der Waals surface area contributed by atoms with Crippen molar-refractivity contribution >= 4 is 40.9 Å². The molecule has 1 N–H and O–H groups in total. The van der Waals surface area contributed by atoms with Crippen LogP contribution in [-0.4, -0.2) is 44.5 Å². The van der Waals surface area contributed by atoms with Gasteiger partial charge in [0.05, 0.1) is 11.4 Å². The fourth-order valence-electron chi connectivity index (χ4n) is 3.10. The maximum Gasteiger partial charge on any atom is 0.349 e. The fraction of sp³-hybridized carbons (Fsp3) is 0.217. The minimum Gasteiger partial charge on any atom is -0.448 e. The van der Waals surface area contributed by atoms with Crippen LogP contribution in [0, 0.1) is 11.3 Å². The zero-order valence-electron chi connectivity index (χ0n) is 17.5. The first kappa shape index (κ1) is 21.6. The molecule has 0 saturated heterocycles. The van der Waals surface area contributed by atoms with E-state index in [1.807, 2.05) is 37.2 Å². The normalized spacial score (nSPS) is 14.1. The van der Waals surface area contributed by atoms with Gasteiger partial charge in [-0.05, 0) is 42.8 Å². The number of carbonyl (C=O) groups excluding carboxylic acids is 3. The molecule has 0 saturated carbocycles. The van der Waals surface area contributed by atoms with E-state index in [2.05, 4.69) is 5.32 Å². The minimum atomic E-state index is -1.18. The van der Waals surface area contributed by atoms with Gasteiger partial charge in [-0.3, -0.25) is 14.5 Å². The summed E-state index contributed by atoms with van der Waals surface area (Å²) in [6, 6.07) is 15.9. The average Bonchev–Trinajstić information content (AvgIpc) is 2.76. The lowest BCUT2D eigenvalue weighted by atomic mass is 10.1. The topological polar surface area (TPSA) is 103 Å². The van der Waals surface area contributed by atoms with E-state index in [1.54, 1.807) is 36.4 Å². The Morgan fingerprint density at radius 2 is 1.87 bits per heavy atom. The smallest absolute Gasteiger partial charge is 0.349 e. The molecule has 2 aromatic carbocycles. The van der Waals surface area contributed by atoms with Crippen LogP contribution in [0.15, 0.2) is 54.1 Å². The molecular formula is C23H22N4O4. The van der Waals surface area contributed by atoms with Gasteiger partial charge in [0.2, 0.25) is 5.91 Å². The third kappa shape index (κ3) is 4.90. The van der Waals surface area contributed by atoms with Crippen LogP contribution in [0.4, 0.5) is 17.1 Å². The monoisotopic (exact) mass is 418 g/mol. The highest BCUT2D eigenvalue weighted by Gasteiger charge is 2.31. The summed E-state index contributed by atoms with van der Waals surface area (Å²) in [5.74, 6) is -1.80. The maximum absolute atomic E-state index is 12.9. The number of rotatable bonds is 5. The highest BCUT2D eigenvalue weighted by atomic mass is 16.5. The van der Waals surface area contributed by atoms with Crippen LogP contribution in [0.3, 0.4) is 0 Å². The molecule has 0 unspecified atom stereocenters. The molecule has 3 rings (SSSR count). The maximum atomic E-state index is 12.9. The van der Waals surface area contributed by atoms with E-state index >= 15 is 0 Å². The molecule has 1 atom stereocenters. The molecule has 0 aliphatic carbocycles. The average molecular weight is 418 g/mol. The fourth-order valence-corrected chi connectivity index (χ4v) is 3.10. The summed E-state index contributed by atoms with van der Waals surface area (Å²) < 4.78 is 5.24. The molecule has 0 bridgehead atoms. The van der Waals surface area contributed by atoms with Crippen LogP contribution >= 0.6 is 0 Å². The Labute approximate surface area is 180 Å². The zero-order chi connectivity index (χ0) is 22.5. The number of esters is 1. The van der Waals surface area contributed by atoms with Crippen molar-refractivity contribution in [2.75, 3.05) is 35.8 Å². The molecule has 0 radical (unpaired) electrons. The van der Waals surface area contributed by atoms with Crippen molar-refractivity contribution in [1.82, 2.24) is 0 Å². The van der Waals surface area contributed by atoms with E-state index in [0.717, 1.165) is 5.69 Å². The number of nitrogens with one attached hydrogen (secondary N) is 1. The van der Waals surface area contributed by atoms with Crippen LogP contribution in [0.2, 0.25) is 0 Å². The summed E-state index contributed by atoms with van der Waals surface area (Å²) in [5, 5.41) is 12.1. The summed E-state index contributed by atoms with van der Waals surface area (Å²) in [7, 11) is 3.82. The molecule has 1 aliphatic heterocycles. The number of anilines is 3. The second-order valence-electron chi connectivity index (χ2n) is 7.19. The van der Waals surface area contributed by atoms with Gasteiger partial charge in [-0.2, -0.15) is 5.26 Å². The van der Waals surface area contributed by atoms with Gasteiger partial charge in [0.25, 0.3) is 5.91 Å². The molecule has 2 aromatic rings. The minimum absolute atomic E-state index is 0.184. The van der Waals surface area contributed by atoms with Crippen molar-refractivity contribution in [2.45, 2.75) is 13.0 Å². The number of nitrogens with zero attached hydrogens (tertiary/aromatic N) is 3. The number of hydrogen-bond acceptors (Lipinski definition) is 6. The molecule has 158 valence electrons. The molecule has 8 heteroatoms. The van der Waals surface area contributed by atoms with Crippen LogP contribution in [0.1, 0.15) is 12.5 Å². The Hall–Kier alpha value is -4.12. The highest BCUT2D eigenvalue weighted by molar-refractivity contribution is 6.11.